The number of halogens is 1. The lowest BCUT2D eigenvalue weighted by Gasteiger charge is -2.01. The number of aromatic hydroxyl groups is 2. The van der Waals surface area contributed by atoms with Crippen LogP contribution in [0.25, 0.3) is 0 Å². The minimum Gasteiger partial charge on any atom is -0.504 e. The first kappa shape index (κ1) is 8.88. The standard InChI is InChI=1S/C8H6BrNO2/c9-6-3-5(1-2-10)4-7(11)8(6)12/h3-4,11-12H,1H2. The van der Waals surface area contributed by atoms with Crippen LogP contribution in [0.3, 0.4) is 0 Å². The Labute approximate surface area is 78.0 Å². The summed E-state index contributed by atoms with van der Waals surface area (Å²) in [5, 5.41) is 26.6. The van der Waals surface area contributed by atoms with Gasteiger partial charge in [0.15, 0.2) is 11.5 Å². The summed E-state index contributed by atoms with van der Waals surface area (Å²) in [7, 11) is 0. The van der Waals surface area contributed by atoms with Crippen LogP contribution in [0, 0.1) is 11.3 Å². The maximum absolute atomic E-state index is 9.12. The summed E-state index contributed by atoms with van der Waals surface area (Å²) >= 11 is 3.05. The normalized spacial score (nSPS) is 9.33. The van der Waals surface area contributed by atoms with E-state index >= 15 is 0 Å². The summed E-state index contributed by atoms with van der Waals surface area (Å²) in [4.78, 5) is 0. The van der Waals surface area contributed by atoms with Crippen molar-refractivity contribution in [3.63, 3.8) is 0 Å². The third-order valence-electron chi connectivity index (χ3n) is 1.39. The molecule has 0 saturated carbocycles. The monoisotopic (exact) mass is 227 g/mol. The Kier molecular flexibility index (Phi) is 2.56. The van der Waals surface area contributed by atoms with E-state index in [0.717, 1.165) is 0 Å². The maximum Gasteiger partial charge on any atom is 0.171 e. The van der Waals surface area contributed by atoms with Crippen LogP contribution in [0.4, 0.5) is 0 Å². The molecule has 0 spiro atoms. The fraction of sp³-hybridized carbons (Fsp3) is 0.125. The molecule has 1 aromatic carbocycles. The average molecular weight is 228 g/mol. The lowest BCUT2D eigenvalue weighted by Crippen LogP contribution is -1.82. The molecule has 0 atom stereocenters. The van der Waals surface area contributed by atoms with Gasteiger partial charge in [-0.2, -0.15) is 5.26 Å². The average Bonchev–Trinajstić information content (AvgIpc) is 2.01. The fourth-order valence-corrected chi connectivity index (χ4v) is 1.33. The van der Waals surface area contributed by atoms with Gasteiger partial charge < -0.3 is 10.2 Å². The largest absolute Gasteiger partial charge is 0.504 e. The van der Waals surface area contributed by atoms with Crippen molar-refractivity contribution in [2.45, 2.75) is 6.42 Å². The lowest BCUT2D eigenvalue weighted by atomic mass is 10.1. The molecule has 0 radical (unpaired) electrons. The van der Waals surface area contributed by atoms with E-state index in [0.29, 0.717) is 10.0 Å². The zero-order valence-electron chi connectivity index (χ0n) is 6.08. The molecule has 0 heterocycles. The highest BCUT2D eigenvalue weighted by molar-refractivity contribution is 9.10. The number of phenolic OH excluding ortho intramolecular Hbond substituents is 2. The van der Waals surface area contributed by atoms with Crippen molar-refractivity contribution >= 4 is 15.9 Å². The van der Waals surface area contributed by atoms with Gasteiger partial charge in [0, 0.05) is 0 Å². The topological polar surface area (TPSA) is 64.2 Å². The van der Waals surface area contributed by atoms with Crippen molar-refractivity contribution in [1.29, 1.82) is 5.26 Å². The third-order valence-corrected chi connectivity index (χ3v) is 1.99. The zero-order chi connectivity index (χ0) is 9.14. The maximum atomic E-state index is 9.12. The summed E-state index contributed by atoms with van der Waals surface area (Å²) in [6.07, 6.45) is 0.215. The van der Waals surface area contributed by atoms with Crippen molar-refractivity contribution in [3.8, 4) is 17.6 Å². The molecule has 0 saturated heterocycles. The van der Waals surface area contributed by atoms with Gasteiger partial charge in [-0.1, -0.05) is 0 Å². The molecule has 0 bridgehead atoms. The Morgan fingerprint density at radius 2 is 2.08 bits per heavy atom. The minimum atomic E-state index is -0.213. The molecule has 0 unspecified atom stereocenters. The van der Waals surface area contributed by atoms with E-state index in [-0.39, 0.29) is 17.9 Å². The van der Waals surface area contributed by atoms with Crippen LogP contribution in [0.15, 0.2) is 16.6 Å². The van der Waals surface area contributed by atoms with Crippen molar-refractivity contribution in [3.05, 3.63) is 22.2 Å². The highest BCUT2D eigenvalue weighted by Gasteiger charge is 2.05. The van der Waals surface area contributed by atoms with Crippen LogP contribution in [-0.4, -0.2) is 10.2 Å². The molecule has 2 N–H and O–H groups in total. The van der Waals surface area contributed by atoms with Gasteiger partial charge >= 0.3 is 0 Å². The van der Waals surface area contributed by atoms with Gasteiger partial charge in [0.2, 0.25) is 0 Å². The second-order valence-electron chi connectivity index (χ2n) is 2.28. The van der Waals surface area contributed by atoms with Crippen molar-refractivity contribution in [2.24, 2.45) is 0 Å². The van der Waals surface area contributed by atoms with Crippen LogP contribution in [0.5, 0.6) is 11.5 Å². The van der Waals surface area contributed by atoms with E-state index in [1.807, 2.05) is 6.07 Å². The molecular formula is C8H6BrNO2. The van der Waals surface area contributed by atoms with Gasteiger partial charge in [-0.05, 0) is 33.6 Å². The predicted molar refractivity (Wildman–Crippen MR) is 46.8 cm³/mol. The smallest absolute Gasteiger partial charge is 0.171 e. The molecule has 0 amide bonds. The summed E-state index contributed by atoms with van der Waals surface area (Å²) in [5.74, 6) is -0.411. The highest BCUT2D eigenvalue weighted by atomic mass is 79.9. The quantitative estimate of drug-likeness (QED) is 0.721. The molecule has 0 aliphatic rings. The first-order chi connectivity index (χ1) is 5.65. The van der Waals surface area contributed by atoms with Crippen LogP contribution in [-0.2, 0) is 6.42 Å². The third kappa shape index (κ3) is 1.69. The predicted octanol–water partition coefficient (Wildman–Crippen LogP) is 1.93. The molecule has 1 aromatic rings. The number of rotatable bonds is 1. The number of benzene rings is 1. The van der Waals surface area contributed by atoms with E-state index in [1.54, 1.807) is 6.07 Å². The Balaban J connectivity index is 3.14. The Morgan fingerprint density at radius 3 is 2.58 bits per heavy atom. The second kappa shape index (κ2) is 3.46. The van der Waals surface area contributed by atoms with Gasteiger partial charge in [-0.25, -0.2) is 0 Å². The molecular weight excluding hydrogens is 222 g/mol. The van der Waals surface area contributed by atoms with Crippen molar-refractivity contribution < 1.29 is 10.2 Å². The van der Waals surface area contributed by atoms with E-state index in [1.165, 1.54) is 6.07 Å². The second-order valence-corrected chi connectivity index (χ2v) is 3.13. The molecule has 0 aromatic heterocycles. The molecule has 0 aliphatic carbocycles. The molecule has 0 fully saturated rings. The van der Waals surface area contributed by atoms with Crippen molar-refractivity contribution in [2.75, 3.05) is 0 Å². The summed E-state index contributed by atoms with van der Waals surface area (Å²) in [5.41, 5.74) is 0.666. The lowest BCUT2D eigenvalue weighted by molar-refractivity contribution is 0.401. The van der Waals surface area contributed by atoms with Gasteiger partial charge in [0.05, 0.1) is 17.0 Å². The van der Waals surface area contributed by atoms with Crippen molar-refractivity contribution in [1.82, 2.24) is 0 Å². The van der Waals surface area contributed by atoms with Gasteiger partial charge in [0.25, 0.3) is 0 Å². The van der Waals surface area contributed by atoms with Crippen LogP contribution in [0.1, 0.15) is 5.56 Å². The first-order valence-electron chi connectivity index (χ1n) is 3.22. The Bertz CT molecular complexity index is 320. The van der Waals surface area contributed by atoms with Gasteiger partial charge in [0.1, 0.15) is 0 Å². The van der Waals surface area contributed by atoms with E-state index in [9.17, 15) is 0 Å². The molecule has 1 rings (SSSR count). The van der Waals surface area contributed by atoms with Crippen LogP contribution < -0.4 is 0 Å². The molecule has 0 aliphatic heterocycles. The summed E-state index contributed by atoms with van der Waals surface area (Å²) in [6.45, 7) is 0. The number of nitriles is 1. The summed E-state index contributed by atoms with van der Waals surface area (Å²) < 4.78 is 0.396. The van der Waals surface area contributed by atoms with E-state index < -0.39 is 0 Å². The van der Waals surface area contributed by atoms with Crippen LogP contribution >= 0.6 is 15.9 Å². The van der Waals surface area contributed by atoms with Gasteiger partial charge in [-0.3, -0.25) is 0 Å². The molecule has 62 valence electrons. The zero-order valence-corrected chi connectivity index (χ0v) is 7.67. The first-order valence-corrected chi connectivity index (χ1v) is 4.01. The molecule has 12 heavy (non-hydrogen) atoms. The molecule has 4 heteroatoms. The van der Waals surface area contributed by atoms with E-state index in [4.69, 9.17) is 15.5 Å². The summed E-state index contributed by atoms with van der Waals surface area (Å²) in [6, 6.07) is 4.90. The van der Waals surface area contributed by atoms with Gasteiger partial charge in [-0.15, -0.1) is 0 Å². The number of phenols is 2. The Hall–Kier alpha value is -1.21. The van der Waals surface area contributed by atoms with Crippen LogP contribution in [0.2, 0.25) is 0 Å². The molecule has 3 nitrogen and oxygen atoms in total. The fourth-order valence-electron chi connectivity index (χ4n) is 0.832. The highest BCUT2D eigenvalue weighted by Crippen LogP contribution is 2.34. The number of hydrogen-bond donors (Lipinski definition) is 2. The number of hydrogen-bond acceptors (Lipinski definition) is 3. The Morgan fingerprint density at radius 1 is 1.42 bits per heavy atom. The van der Waals surface area contributed by atoms with E-state index in [2.05, 4.69) is 15.9 Å². The SMILES string of the molecule is N#CCc1cc(O)c(O)c(Br)c1. The number of nitrogens with zero attached hydrogens (tertiary/aromatic N) is 1. The minimum absolute atomic E-state index is 0.198.